The lowest BCUT2D eigenvalue weighted by Gasteiger charge is -2.37. The molecule has 1 heterocycles. The van der Waals surface area contributed by atoms with Gasteiger partial charge in [-0.15, -0.1) is 0 Å². The molecular formula is C9H18N2O2. The van der Waals surface area contributed by atoms with Crippen molar-refractivity contribution in [2.45, 2.75) is 19.4 Å². The zero-order valence-corrected chi connectivity index (χ0v) is 8.38. The largest absolute Gasteiger partial charge is 0.384 e. The van der Waals surface area contributed by atoms with E-state index in [9.17, 15) is 4.79 Å². The first kappa shape index (κ1) is 10.5. The minimum Gasteiger partial charge on any atom is -0.384 e. The van der Waals surface area contributed by atoms with Crippen molar-refractivity contribution in [1.29, 1.82) is 0 Å². The summed E-state index contributed by atoms with van der Waals surface area (Å²) in [6.45, 7) is 5.21. The van der Waals surface area contributed by atoms with E-state index < -0.39 is 0 Å². The third-order valence-corrected chi connectivity index (χ3v) is 2.38. The predicted molar refractivity (Wildman–Crippen MR) is 50.5 cm³/mol. The van der Waals surface area contributed by atoms with Crippen LogP contribution in [0.25, 0.3) is 0 Å². The SMILES string of the molecule is CCN(C(=O)CCOC)C1CNC1. The first-order valence-corrected chi connectivity index (χ1v) is 4.78. The van der Waals surface area contributed by atoms with Gasteiger partial charge >= 0.3 is 0 Å². The van der Waals surface area contributed by atoms with Crippen LogP contribution in [0.15, 0.2) is 0 Å². The van der Waals surface area contributed by atoms with Crippen LogP contribution in [0.4, 0.5) is 0 Å². The Labute approximate surface area is 79.2 Å². The first-order chi connectivity index (χ1) is 6.29. The van der Waals surface area contributed by atoms with Gasteiger partial charge in [0.05, 0.1) is 19.1 Å². The molecule has 0 spiro atoms. The Morgan fingerprint density at radius 3 is 2.69 bits per heavy atom. The van der Waals surface area contributed by atoms with Crippen LogP contribution in [0.3, 0.4) is 0 Å². The summed E-state index contributed by atoms with van der Waals surface area (Å²) in [5.74, 6) is 0.204. The van der Waals surface area contributed by atoms with Gasteiger partial charge in [-0.25, -0.2) is 0 Å². The molecule has 1 rings (SSSR count). The molecule has 1 saturated heterocycles. The average Bonchev–Trinajstić information content (AvgIpc) is 2.06. The Bertz CT molecular complexity index is 169. The highest BCUT2D eigenvalue weighted by molar-refractivity contribution is 5.76. The maximum atomic E-state index is 11.6. The average molecular weight is 186 g/mol. The molecule has 13 heavy (non-hydrogen) atoms. The molecule has 0 aliphatic carbocycles. The maximum absolute atomic E-state index is 11.6. The van der Waals surface area contributed by atoms with Gasteiger partial charge in [0.2, 0.25) is 5.91 Å². The molecule has 0 unspecified atom stereocenters. The number of methoxy groups -OCH3 is 1. The molecule has 76 valence electrons. The molecule has 1 aliphatic heterocycles. The lowest BCUT2D eigenvalue weighted by molar-refractivity contribution is -0.135. The monoisotopic (exact) mass is 186 g/mol. The van der Waals surface area contributed by atoms with Crippen molar-refractivity contribution in [2.24, 2.45) is 0 Å². The number of rotatable bonds is 5. The van der Waals surface area contributed by atoms with Crippen LogP contribution in [-0.2, 0) is 9.53 Å². The van der Waals surface area contributed by atoms with Gasteiger partial charge in [-0.05, 0) is 6.92 Å². The molecule has 0 aromatic rings. The van der Waals surface area contributed by atoms with Crippen molar-refractivity contribution in [2.75, 3.05) is 33.4 Å². The summed E-state index contributed by atoms with van der Waals surface area (Å²) < 4.78 is 4.88. The summed E-state index contributed by atoms with van der Waals surface area (Å²) in [7, 11) is 1.62. The molecule has 4 nitrogen and oxygen atoms in total. The van der Waals surface area contributed by atoms with Crippen LogP contribution in [0.1, 0.15) is 13.3 Å². The summed E-state index contributed by atoms with van der Waals surface area (Å²) >= 11 is 0. The lowest BCUT2D eigenvalue weighted by Crippen LogP contribution is -2.58. The molecule has 1 amide bonds. The van der Waals surface area contributed by atoms with Gasteiger partial charge in [0.15, 0.2) is 0 Å². The van der Waals surface area contributed by atoms with Crippen molar-refractivity contribution in [1.82, 2.24) is 10.2 Å². The Morgan fingerprint density at radius 1 is 1.62 bits per heavy atom. The molecule has 0 aromatic carbocycles. The molecule has 0 radical (unpaired) electrons. The number of hydrogen-bond donors (Lipinski definition) is 1. The molecule has 0 aromatic heterocycles. The molecule has 1 aliphatic rings. The van der Waals surface area contributed by atoms with Crippen LogP contribution in [0, 0.1) is 0 Å². The van der Waals surface area contributed by atoms with Crippen LogP contribution in [-0.4, -0.2) is 50.2 Å². The second-order valence-electron chi connectivity index (χ2n) is 3.23. The van der Waals surface area contributed by atoms with Crippen LogP contribution in [0.2, 0.25) is 0 Å². The van der Waals surface area contributed by atoms with Crippen molar-refractivity contribution in [3.8, 4) is 0 Å². The molecule has 0 atom stereocenters. The minimum absolute atomic E-state index is 0.204. The van der Waals surface area contributed by atoms with Gasteiger partial charge in [0.25, 0.3) is 0 Å². The Morgan fingerprint density at radius 2 is 2.31 bits per heavy atom. The minimum atomic E-state index is 0.204. The maximum Gasteiger partial charge on any atom is 0.225 e. The van der Waals surface area contributed by atoms with Crippen LogP contribution >= 0.6 is 0 Å². The van der Waals surface area contributed by atoms with Crippen molar-refractivity contribution >= 4 is 5.91 Å². The third kappa shape index (κ3) is 2.67. The second-order valence-corrected chi connectivity index (χ2v) is 3.23. The summed E-state index contributed by atoms with van der Waals surface area (Å²) in [5.41, 5.74) is 0. The van der Waals surface area contributed by atoms with E-state index in [1.807, 2.05) is 11.8 Å². The number of amides is 1. The van der Waals surface area contributed by atoms with E-state index in [0.29, 0.717) is 19.1 Å². The highest BCUT2D eigenvalue weighted by Crippen LogP contribution is 2.06. The van der Waals surface area contributed by atoms with Gasteiger partial charge in [0.1, 0.15) is 0 Å². The molecule has 0 saturated carbocycles. The zero-order chi connectivity index (χ0) is 9.68. The van der Waals surface area contributed by atoms with Gasteiger partial charge in [-0.2, -0.15) is 0 Å². The van der Waals surface area contributed by atoms with E-state index in [2.05, 4.69) is 5.32 Å². The Balaban J connectivity index is 2.31. The Hall–Kier alpha value is -0.610. The van der Waals surface area contributed by atoms with Gasteiger partial charge < -0.3 is 15.0 Å². The second kappa shape index (κ2) is 5.19. The van der Waals surface area contributed by atoms with E-state index >= 15 is 0 Å². The first-order valence-electron chi connectivity index (χ1n) is 4.78. The van der Waals surface area contributed by atoms with E-state index in [0.717, 1.165) is 19.6 Å². The topological polar surface area (TPSA) is 41.6 Å². The van der Waals surface area contributed by atoms with E-state index in [4.69, 9.17) is 4.74 Å². The Kier molecular flexibility index (Phi) is 4.18. The summed E-state index contributed by atoms with van der Waals surface area (Å²) in [6.07, 6.45) is 0.501. The molecule has 1 N–H and O–H groups in total. The fraction of sp³-hybridized carbons (Fsp3) is 0.889. The summed E-state index contributed by atoms with van der Waals surface area (Å²) in [4.78, 5) is 13.5. The summed E-state index contributed by atoms with van der Waals surface area (Å²) in [6, 6.07) is 0.411. The standard InChI is InChI=1S/C9H18N2O2/c1-3-11(8-6-10-7-8)9(12)4-5-13-2/h8,10H,3-7H2,1-2H3. The normalized spacial score (nSPS) is 16.8. The van der Waals surface area contributed by atoms with Crippen LogP contribution in [0.5, 0.6) is 0 Å². The van der Waals surface area contributed by atoms with Crippen molar-refractivity contribution in [3.63, 3.8) is 0 Å². The molecule has 4 heteroatoms. The number of nitrogens with zero attached hydrogens (tertiary/aromatic N) is 1. The van der Waals surface area contributed by atoms with E-state index in [1.54, 1.807) is 7.11 Å². The number of carbonyl (C=O) groups is 1. The smallest absolute Gasteiger partial charge is 0.225 e. The number of likely N-dealkylation sites (N-methyl/N-ethyl adjacent to an activating group) is 1. The van der Waals surface area contributed by atoms with E-state index in [1.165, 1.54) is 0 Å². The lowest BCUT2D eigenvalue weighted by atomic mass is 10.1. The number of nitrogens with one attached hydrogen (secondary N) is 1. The summed E-state index contributed by atoms with van der Waals surface area (Å²) in [5, 5.41) is 3.16. The number of carbonyl (C=O) groups excluding carboxylic acids is 1. The highest BCUT2D eigenvalue weighted by Gasteiger charge is 2.26. The van der Waals surface area contributed by atoms with Gasteiger partial charge in [-0.3, -0.25) is 4.79 Å². The number of ether oxygens (including phenoxy) is 1. The molecular weight excluding hydrogens is 168 g/mol. The third-order valence-electron chi connectivity index (χ3n) is 2.38. The van der Waals surface area contributed by atoms with Crippen molar-refractivity contribution in [3.05, 3.63) is 0 Å². The van der Waals surface area contributed by atoms with Gasteiger partial charge in [-0.1, -0.05) is 0 Å². The quantitative estimate of drug-likeness (QED) is 0.649. The molecule has 1 fully saturated rings. The zero-order valence-electron chi connectivity index (χ0n) is 8.38. The molecule has 0 bridgehead atoms. The predicted octanol–water partition coefficient (Wildman–Crippen LogP) is -0.157. The van der Waals surface area contributed by atoms with Crippen molar-refractivity contribution < 1.29 is 9.53 Å². The van der Waals surface area contributed by atoms with Crippen LogP contribution < -0.4 is 5.32 Å². The van der Waals surface area contributed by atoms with Gasteiger partial charge in [0, 0.05) is 26.7 Å². The fourth-order valence-electron chi connectivity index (χ4n) is 1.46. The number of hydrogen-bond acceptors (Lipinski definition) is 3. The van der Waals surface area contributed by atoms with E-state index in [-0.39, 0.29) is 5.91 Å². The fourth-order valence-corrected chi connectivity index (χ4v) is 1.46. The highest BCUT2D eigenvalue weighted by atomic mass is 16.5.